The molecule has 1 saturated carbocycles. The molecule has 2 aliphatic rings. The molecular formula is C12H20N4O. The fourth-order valence-corrected chi connectivity index (χ4v) is 2.74. The van der Waals surface area contributed by atoms with Crippen molar-refractivity contribution in [1.82, 2.24) is 19.7 Å². The molecule has 1 aromatic rings. The van der Waals surface area contributed by atoms with Gasteiger partial charge in [0.05, 0.1) is 12.1 Å². The molecule has 3 rings (SSSR count). The lowest BCUT2D eigenvalue weighted by Crippen LogP contribution is -2.62. The molecule has 94 valence electrons. The molecule has 5 heteroatoms. The van der Waals surface area contributed by atoms with Gasteiger partial charge in [-0.25, -0.2) is 9.67 Å². The number of β-amino-alcohol motifs (C(OH)–C–C–N with tert-alkyl or cyclic N) is 1. The molecule has 1 aliphatic heterocycles. The first kappa shape index (κ1) is 11.2. The average Bonchev–Trinajstić information content (AvgIpc) is 2.97. The molecule has 1 aromatic heterocycles. The van der Waals surface area contributed by atoms with Crippen molar-refractivity contribution in [2.45, 2.75) is 44.9 Å². The second-order valence-corrected chi connectivity index (χ2v) is 5.74. The third-order valence-electron chi connectivity index (χ3n) is 3.83. The Kier molecular flexibility index (Phi) is 2.48. The summed E-state index contributed by atoms with van der Waals surface area (Å²) in [5.74, 6) is 1.56. The van der Waals surface area contributed by atoms with Crippen molar-refractivity contribution in [3.8, 4) is 0 Å². The Morgan fingerprint density at radius 1 is 1.47 bits per heavy atom. The lowest BCUT2D eigenvalue weighted by atomic mass is 9.89. The van der Waals surface area contributed by atoms with Gasteiger partial charge >= 0.3 is 0 Å². The van der Waals surface area contributed by atoms with Crippen LogP contribution in [-0.4, -0.2) is 43.5 Å². The van der Waals surface area contributed by atoms with Crippen molar-refractivity contribution in [3.05, 3.63) is 12.2 Å². The lowest BCUT2D eigenvalue weighted by Gasteiger charge is -2.46. The van der Waals surface area contributed by atoms with Gasteiger partial charge in [0.25, 0.3) is 0 Å². The molecule has 1 saturated heterocycles. The molecule has 0 bridgehead atoms. The first-order valence-corrected chi connectivity index (χ1v) is 6.41. The first-order chi connectivity index (χ1) is 8.08. The molecule has 0 atom stereocenters. The van der Waals surface area contributed by atoms with Crippen LogP contribution in [0.1, 0.15) is 38.6 Å². The van der Waals surface area contributed by atoms with Crippen LogP contribution in [0.25, 0.3) is 0 Å². The Balaban J connectivity index is 1.60. The summed E-state index contributed by atoms with van der Waals surface area (Å²) in [5, 5.41) is 14.5. The van der Waals surface area contributed by atoms with E-state index in [0.29, 0.717) is 12.0 Å². The molecule has 17 heavy (non-hydrogen) atoms. The smallest absolute Gasteiger partial charge is 0.141 e. The number of hydrogen-bond acceptors (Lipinski definition) is 4. The molecule has 1 N–H and O–H groups in total. The first-order valence-electron chi connectivity index (χ1n) is 6.41. The summed E-state index contributed by atoms with van der Waals surface area (Å²) in [6, 6.07) is 0.344. The third-order valence-corrected chi connectivity index (χ3v) is 3.83. The second-order valence-electron chi connectivity index (χ2n) is 5.74. The quantitative estimate of drug-likeness (QED) is 0.840. The van der Waals surface area contributed by atoms with Gasteiger partial charge in [-0.1, -0.05) is 0 Å². The number of aromatic nitrogens is 3. The summed E-state index contributed by atoms with van der Waals surface area (Å²) < 4.78 is 1.95. The number of hydrogen-bond donors (Lipinski definition) is 1. The van der Waals surface area contributed by atoms with Gasteiger partial charge in [0.2, 0.25) is 0 Å². The maximum atomic E-state index is 10.2. The van der Waals surface area contributed by atoms with Crippen LogP contribution in [-0.2, 0) is 6.54 Å². The predicted molar refractivity (Wildman–Crippen MR) is 63.4 cm³/mol. The van der Waals surface area contributed by atoms with Crippen LogP contribution in [0.3, 0.4) is 0 Å². The lowest BCUT2D eigenvalue weighted by molar-refractivity contribution is -0.117. The van der Waals surface area contributed by atoms with Gasteiger partial charge in [0.1, 0.15) is 12.2 Å². The van der Waals surface area contributed by atoms with Crippen LogP contribution >= 0.6 is 0 Å². The van der Waals surface area contributed by atoms with Gasteiger partial charge in [-0.3, -0.25) is 4.90 Å². The van der Waals surface area contributed by atoms with E-state index in [-0.39, 0.29) is 0 Å². The summed E-state index contributed by atoms with van der Waals surface area (Å²) >= 11 is 0. The summed E-state index contributed by atoms with van der Waals surface area (Å²) in [7, 11) is 0. The van der Waals surface area contributed by atoms with E-state index in [1.807, 2.05) is 4.68 Å². The number of rotatable bonds is 4. The van der Waals surface area contributed by atoms with Crippen LogP contribution in [0.2, 0.25) is 0 Å². The predicted octanol–water partition coefficient (Wildman–Crippen LogP) is 0.816. The van der Waals surface area contributed by atoms with Crippen LogP contribution < -0.4 is 0 Å². The SMILES string of the molecule is CC(C)n1ncnc1CN1CC(O)(C2CC2)C1. The van der Waals surface area contributed by atoms with Gasteiger partial charge in [0.15, 0.2) is 0 Å². The van der Waals surface area contributed by atoms with Crippen LogP contribution in [0.5, 0.6) is 0 Å². The van der Waals surface area contributed by atoms with Crippen molar-refractivity contribution >= 4 is 0 Å². The normalized spacial score (nSPS) is 24.0. The highest BCUT2D eigenvalue weighted by atomic mass is 16.3. The maximum Gasteiger partial charge on any atom is 0.141 e. The molecule has 1 aliphatic carbocycles. The van der Waals surface area contributed by atoms with Crippen molar-refractivity contribution in [3.63, 3.8) is 0 Å². The summed E-state index contributed by atoms with van der Waals surface area (Å²) in [6.07, 6.45) is 4.02. The molecule has 0 spiro atoms. The average molecular weight is 236 g/mol. The van der Waals surface area contributed by atoms with Crippen molar-refractivity contribution in [1.29, 1.82) is 0 Å². The number of likely N-dealkylation sites (tertiary alicyclic amines) is 1. The van der Waals surface area contributed by atoms with Crippen molar-refractivity contribution < 1.29 is 5.11 Å². The van der Waals surface area contributed by atoms with Crippen LogP contribution in [0.4, 0.5) is 0 Å². The summed E-state index contributed by atoms with van der Waals surface area (Å²) in [6.45, 7) is 6.60. The molecule has 0 aromatic carbocycles. The highest BCUT2D eigenvalue weighted by Gasteiger charge is 2.51. The number of aliphatic hydroxyl groups is 1. The molecule has 0 radical (unpaired) electrons. The van der Waals surface area contributed by atoms with E-state index in [9.17, 15) is 5.11 Å². The zero-order valence-corrected chi connectivity index (χ0v) is 10.5. The molecule has 5 nitrogen and oxygen atoms in total. The maximum absolute atomic E-state index is 10.2. The topological polar surface area (TPSA) is 54.2 Å². The van der Waals surface area contributed by atoms with E-state index >= 15 is 0 Å². The number of nitrogens with zero attached hydrogens (tertiary/aromatic N) is 4. The molecule has 0 unspecified atom stereocenters. The Labute approximate surface area is 101 Å². The standard InChI is InChI=1S/C12H20N4O/c1-9(2)16-11(13-8-14-16)5-15-6-12(17,7-15)10-3-4-10/h8-10,17H,3-7H2,1-2H3. The van der Waals surface area contributed by atoms with Crippen molar-refractivity contribution in [2.75, 3.05) is 13.1 Å². The largest absolute Gasteiger partial charge is 0.387 e. The van der Waals surface area contributed by atoms with Gasteiger partial charge in [-0.05, 0) is 32.6 Å². The van der Waals surface area contributed by atoms with E-state index in [1.54, 1.807) is 6.33 Å². The second kappa shape index (κ2) is 3.78. The highest BCUT2D eigenvalue weighted by Crippen LogP contribution is 2.44. The van der Waals surface area contributed by atoms with E-state index < -0.39 is 5.60 Å². The molecular weight excluding hydrogens is 216 g/mol. The Hall–Kier alpha value is -0.940. The van der Waals surface area contributed by atoms with Crippen LogP contribution in [0, 0.1) is 5.92 Å². The minimum Gasteiger partial charge on any atom is -0.387 e. The Morgan fingerprint density at radius 3 is 2.76 bits per heavy atom. The van der Waals surface area contributed by atoms with Crippen LogP contribution in [0.15, 0.2) is 6.33 Å². The minimum absolute atomic E-state index is 0.344. The monoisotopic (exact) mass is 236 g/mol. The highest BCUT2D eigenvalue weighted by molar-refractivity contribution is 5.06. The molecule has 2 fully saturated rings. The van der Waals surface area contributed by atoms with E-state index in [1.165, 1.54) is 12.8 Å². The summed E-state index contributed by atoms with van der Waals surface area (Å²) in [4.78, 5) is 6.55. The van der Waals surface area contributed by atoms with Gasteiger partial charge < -0.3 is 5.11 Å². The van der Waals surface area contributed by atoms with Gasteiger partial charge in [-0.15, -0.1) is 0 Å². The Morgan fingerprint density at radius 2 is 2.18 bits per heavy atom. The third kappa shape index (κ3) is 1.98. The van der Waals surface area contributed by atoms with Gasteiger partial charge in [0, 0.05) is 19.1 Å². The fraction of sp³-hybridized carbons (Fsp3) is 0.833. The fourth-order valence-electron chi connectivity index (χ4n) is 2.74. The van der Waals surface area contributed by atoms with E-state index in [4.69, 9.17) is 0 Å². The molecule has 0 amide bonds. The minimum atomic E-state index is -0.400. The van der Waals surface area contributed by atoms with Crippen molar-refractivity contribution in [2.24, 2.45) is 5.92 Å². The summed E-state index contributed by atoms with van der Waals surface area (Å²) in [5.41, 5.74) is -0.400. The van der Waals surface area contributed by atoms with E-state index in [0.717, 1.165) is 25.5 Å². The molecule has 2 heterocycles. The van der Waals surface area contributed by atoms with Gasteiger partial charge in [-0.2, -0.15) is 5.10 Å². The Bertz CT molecular complexity index is 404. The van der Waals surface area contributed by atoms with E-state index in [2.05, 4.69) is 28.8 Å². The zero-order valence-electron chi connectivity index (χ0n) is 10.5. The zero-order chi connectivity index (χ0) is 12.0.